The summed E-state index contributed by atoms with van der Waals surface area (Å²) in [6, 6.07) is 7.13. The van der Waals surface area contributed by atoms with E-state index in [1.807, 2.05) is 0 Å². The number of nitrogens with one attached hydrogen (secondary N) is 1. The molecule has 108 valence electrons. The molecule has 1 aromatic heterocycles. The van der Waals surface area contributed by atoms with Crippen molar-refractivity contribution in [2.45, 2.75) is 58.4 Å². The van der Waals surface area contributed by atoms with Gasteiger partial charge in [0.1, 0.15) is 0 Å². The summed E-state index contributed by atoms with van der Waals surface area (Å²) in [5.74, 6) is 0.969. The number of fused-ring (bicyclic) bond motifs is 1. The van der Waals surface area contributed by atoms with Crippen molar-refractivity contribution in [1.82, 2.24) is 4.98 Å². The molecule has 2 nitrogen and oxygen atoms in total. The Morgan fingerprint density at radius 3 is 2.80 bits per heavy atom. The zero-order valence-corrected chi connectivity index (χ0v) is 13.3. The molecule has 0 aliphatic heterocycles. The van der Waals surface area contributed by atoms with E-state index >= 15 is 0 Å². The van der Waals surface area contributed by atoms with Crippen molar-refractivity contribution in [3.63, 3.8) is 0 Å². The van der Waals surface area contributed by atoms with Crippen LogP contribution in [0.3, 0.4) is 0 Å². The van der Waals surface area contributed by atoms with Crippen molar-refractivity contribution in [1.29, 1.82) is 0 Å². The van der Waals surface area contributed by atoms with Gasteiger partial charge >= 0.3 is 0 Å². The van der Waals surface area contributed by atoms with Crippen LogP contribution < -0.4 is 5.32 Å². The number of thiazole rings is 1. The Hall–Kier alpha value is -1.09. The number of anilines is 1. The van der Waals surface area contributed by atoms with Gasteiger partial charge in [0.2, 0.25) is 0 Å². The molecule has 0 saturated heterocycles. The SMILES string of the molecule is CCCC1CCC(Nc2nc3ccc(C)cc3s2)CC1. The highest BCUT2D eigenvalue weighted by Gasteiger charge is 2.21. The maximum absolute atomic E-state index is 4.71. The van der Waals surface area contributed by atoms with Crippen LogP contribution in [0.2, 0.25) is 0 Å². The van der Waals surface area contributed by atoms with E-state index in [4.69, 9.17) is 4.98 Å². The predicted molar refractivity (Wildman–Crippen MR) is 88.6 cm³/mol. The lowest BCUT2D eigenvalue weighted by atomic mass is 9.83. The van der Waals surface area contributed by atoms with Crippen LogP contribution in [0.5, 0.6) is 0 Å². The van der Waals surface area contributed by atoms with Crippen molar-refractivity contribution in [3.05, 3.63) is 23.8 Å². The molecule has 1 saturated carbocycles. The number of hydrogen-bond donors (Lipinski definition) is 1. The minimum absolute atomic E-state index is 0.629. The molecule has 0 bridgehead atoms. The van der Waals surface area contributed by atoms with Gasteiger partial charge in [0.15, 0.2) is 5.13 Å². The van der Waals surface area contributed by atoms with E-state index in [0.717, 1.165) is 16.6 Å². The second-order valence-electron chi connectivity index (χ2n) is 6.14. The summed E-state index contributed by atoms with van der Waals surface area (Å²) in [4.78, 5) is 4.71. The number of nitrogens with zero attached hydrogens (tertiary/aromatic N) is 1. The second kappa shape index (κ2) is 6.13. The highest BCUT2D eigenvalue weighted by molar-refractivity contribution is 7.22. The zero-order valence-electron chi connectivity index (χ0n) is 12.5. The Labute approximate surface area is 125 Å². The fourth-order valence-electron chi connectivity index (χ4n) is 3.27. The summed E-state index contributed by atoms with van der Waals surface area (Å²) < 4.78 is 1.30. The van der Waals surface area contributed by atoms with E-state index in [1.54, 1.807) is 11.3 Å². The summed E-state index contributed by atoms with van der Waals surface area (Å²) in [5.41, 5.74) is 2.44. The van der Waals surface area contributed by atoms with Crippen molar-refractivity contribution in [3.8, 4) is 0 Å². The van der Waals surface area contributed by atoms with Gasteiger partial charge in [-0.05, 0) is 56.2 Å². The number of benzene rings is 1. The molecule has 1 heterocycles. The Kier molecular flexibility index (Phi) is 4.25. The topological polar surface area (TPSA) is 24.9 Å². The molecule has 3 heteroatoms. The molecule has 0 radical (unpaired) electrons. The normalized spacial score (nSPS) is 23.1. The summed E-state index contributed by atoms with van der Waals surface area (Å²) in [6.07, 6.45) is 8.12. The monoisotopic (exact) mass is 288 g/mol. The van der Waals surface area contributed by atoms with Gasteiger partial charge in [0.05, 0.1) is 10.2 Å². The van der Waals surface area contributed by atoms with Crippen molar-refractivity contribution < 1.29 is 0 Å². The average Bonchev–Trinajstić information content (AvgIpc) is 2.82. The van der Waals surface area contributed by atoms with E-state index in [0.29, 0.717) is 6.04 Å². The smallest absolute Gasteiger partial charge is 0.184 e. The third-order valence-electron chi connectivity index (χ3n) is 4.42. The molecule has 1 N–H and O–H groups in total. The van der Waals surface area contributed by atoms with Gasteiger partial charge in [-0.25, -0.2) is 4.98 Å². The van der Waals surface area contributed by atoms with Gasteiger partial charge in [0.25, 0.3) is 0 Å². The number of aryl methyl sites for hydroxylation is 1. The first-order chi connectivity index (χ1) is 9.74. The Morgan fingerprint density at radius 1 is 1.25 bits per heavy atom. The van der Waals surface area contributed by atoms with Crippen LogP contribution in [0.15, 0.2) is 18.2 Å². The number of hydrogen-bond acceptors (Lipinski definition) is 3. The molecule has 1 aliphatic carbocycles. The van der Waals surface area contributed by atoms with Crippen LogP contribution in [0, 0.1) is 12.8 Å². The maximum Gasteiger partial charge on any atom is 0.184 e. The molecule has 3 rings (SSSR count). The van der Waals surface area contributed by atoms with Gasteiger partial charge in [-0.2, -0.15) is 0 Å². The number of aromatic nitrogens is 1. The first-order valence-corrected chi connectivity index (χ1v) is 8.70. The highest BCUT2D eigenvalue weighted by Crippen LogP contribution is 2.32. The molecule has 1 aromatic carbocycles. The summed E-state index contributed by atoms with van der Waals surface area (Å²) >= 11 is 1.79. The Morgan fingerprint density at radius 2 is 2.05 bits per heavy atom. The quantitative estimate of drug-likeness (QED) is 0.817. The maximum atomic E-state index is 4.71. The van der Waals surface area contributed by atoms with Gasteiger partial charge in [-0.3, -0.25) is 0 Å². The average molecular weight is 288 g/mol. The fourth-order valence-corrected chi connectivity index (χ4v) is 4.31. The van der Waals surface area contributed by atoms with Gasteiger partial charge in [-0.1, -0.05) is 37.2 Å². The lowest BCUT2D eigenvalue weighted by Gasteiger charge is -2.28. The van der Waals surface area contributed by atoms with E-state index in [-0.39, 0.29) is 0 Å². The van der Waals surface area contributed by atoms with Crippen molar-refractivity contribution >= 4 is 26.7 Å². The number of rotatable bonds is 4. The summed E-state index contributed by atoms with van der Waals surface area (Å²) in [5, 5.41) is 4.76. The van der Waals surface area contributed by atoms with Crippen LogP contribution in [0.4, 0.5) is 5.13 Å². The molecule has 1 fully saturated rings. The highest BCUT2D eigenvalue weighted by atomic mass is 32.1. The molecule has 2 aromatic rings. The first kappa shape index (κ1) is 13.9. The summed E-state index contributed by atoms with van der Waals surface area (Å²) in [7, 11) is 0. The Balaban J connectivity index is 1.62. The summed E-state index contributed by atoms with van der Waals surface area (Å²) in [6.45, 7) is 4.44. The standard InChI is InChI=1S/C17H24N2S/c1-3-4-13-6-8-14(9-7-13)18-17-19-15-10-5-12(2)11-16(15)20-17/h5,10-11,13-14H,3-4,6-9H2,1-2H3,(H,18,19). The molecule has 0 amide bonds. The minimum atomic E-state index is 0.629. The fraction of sp³-hybridized carbons (Fsp3) is 0.588. The van der Waals surface area contributed by atoms with Crippen LogP contribution in [0.1, 0.15) is 51.0 Å². The first-order valence-electron chi connectivity index (χ1n) is 7.88. The van der Waals surface area contributed by atoms with Crippen LogP contribution in [-0.4, -0.2) is 11.0 Å². The largest absolute Gasteiger partial charge is 0.359 e. The molecular weight excluding hydrogens is 264 g/mol. The molecular formula is C17H24N2S. The van der Waals surface area contributed by atoms with Gasteiger partial charge in [-0.15, -0.1) is 0 Å². The Bertz CT molecular complexity index is 567. The van der Waals surface area contributed by atoms with Crippen molar-refractivity contribution in [2.75, 3.05) is 5.32 Å². The third kappa shape index (κ3) is 3.14. The zero-order chi connectivity index (χ0) is 13.9. The van der Waals surface area contributed by atoms with E-state index in [2.05, 4.69) is 37.4 Å². The molecule has 20 heavy (non-hydrogen) atoms. The minimum Gasteiger partial charge on any atom is -0.359 e. The molecule has 0 spiro atoms. The lowest BCUT2D eigenvalue weighted by Crippen LogP contribution is -2.25. The molecule has 0 atom stereocenters. The van der Waals surface area contributed by atoms with Crippen LogP contribution >= 0.6 is 11.3 Å². The van der Waals surface area contributed by atoms with E-state index in [1.165, 1.54) is 48.8 Å². The second-order valence-corrected chi connectivity index (χ2v) is 7.17. The van der Waals surface area contributed by atoms with Crippen LogP contribution in [0.25, 0.3) is 10.2 Å². The predicted octanol–water partition coefficient (Wildman–Crippen LogP) is 5.38. The van der Waals surface area contributed by atoms with Gasteiger partial charge < -0.3 is 5.32 Å². The molecule has 0 unspecified atom stereocenters. The van der Waals surface area contributed by atoms with E-state index in [9.17, 15) is 0 Å². The molecule has 1 aliphatic rings. The lowest BCUT2D eigenvalue weighted by molar-refractivity contribution is 0.319. The van der Waals surface area contributed by atoms with Crippen LogP contribution in [-0.2, 0) is 0 Å². The van der Waals surface area contributed by atoms with Crippen molar-refractivity contribution in [2.24, 2.45) is 5.92 Å². The van der Waals surface area contributed by atoms with Gasteiger partial charge in [0, 0.05) is 6.04 Å². The van der Waals surface area contributed by atoms with E-state index < -0.39 is 0 Å². The third-order valence-corrected chi connectivity index (χ3v) is 5.36.